The van der Waals surface area contributed by atoms with E-state index < -0.39 is 9.84 Å². The van der Waals surface area contributed by atoms with E-state index in [9.17, 15) is 8.42 Å². The Morgan fingerprint density at radius 3 is 2.71 bits per heavy atom. The molecule has 1 aromatic carbocycles. The van der Waals surface area contributed by atoms with E-state index in [-0.39, 0.29) is 11.8 Å². The van der Waals surface area contributed by atoms with Gasteiger partial charge in [0.1, 0.15) is 0 Å². The fourth-order valence-electron chi connectivity index (χ4n) is 2.31. The van der Waals surface area contributed by atoms with E-state index in [1.54, 1.807) is 0 Å². The average molecular weight is 254 g/mol. The minimum Gasteiger partial charge on any atom is -0.370 e. The highest BCUT2D eigenvalue weighted by Gasteiger charge is 2.31. The lowest BCUT2D eigenvalue weighted by atomic mass is 10.1. The lowest BCUT2D eigenvalue weighted by Crippen LogP contribution is -2.33. The monoisotopic (exact) mass is 254 g/mol. The molecule has 1 saturated heterocycles. The smallest absolute Gasteiger partial charge is 0.152 e. The Morgan fingerprint density at radius 1 is 1.41 bits per heavy atom. The van der Waals surface area contributed by atoms with Gasteiger partial charge in [0.25, 0.3) is 0 Å². The molecule has 0 bridgehead atoms. The predicted octanol–water partition coefficient (Wildman–Crippen LogP) is 0.769. The Hall–Kier alpha value is -1.07. The Labute approximate surface area is 102 Å². The van der Waals surface area contributed by atoms with Crippen molar-refractivity contribution in [2.24, 2.45) is 5.73 Å². The minimum absolute atomic E-state index is 0.0766. The second-order valence-corrected chi connectivity index (χ2v) is 6.73. The third kappa shape index (κ3) is 2.61. The van der Waals surface area contributed by atoms with Gasteiger partial charge in [0.2, 0.25) is 0 Å². The first-order chi connectivity index (χ1) is 8.03. The van der Waals surface area contributed by atoms with Crippen molar-refractivity contribution in [2.75, 3.05) is 23.5 Å². The molecule has 1 aliphatic rings. The molecule has 1 aromatic rings. The van der Waals surface area contributed by atoms with Crippen molar-refractivity contribution >= 4 is 15.5 Å². The number of rotatable bonds is 3. The summed E-state index contributed by atoms with van der Waals surface area (Å²) in [5.74, 6) is 0.551. The van der Waals surface area contributed by atoms with Crippen molar-refractivity contribution in [3.63, 3.8) is 0 Å². The SMILES string of the molecule is CN(c1ccccc1CN)C1CCS(=O)(=O)C1. The van der Waals surface area contributed by atoms with E-state index in [0.717, 1.165) is 11.3 Å². The van der Waals surface area contributed by atoms with Gasteiger partial charge in [0, 0.05) is 25.3 Å². The molecule has 0 amide bonds. The first-order valence-corrected chi connectivity index (χ1v) is 7.57. The van der Waals surface area contributed by atoms with Crippen molar-refractivity contribution in [3.8, 4) is 0 Å². The van der Waals surface area contributed by atoms with E-state index in [4.69, 9.17) is 5.73 Å². The summed E-state index contributed by atoms with van der Waals surface area (Å²) in [6, 6.07) is 7.95. The highest BCUT2D eigenvalue weighted by molar-refractivity contribution is 7.91. The van der Waals surface area contributed by atoms with Crippen LogP contribution in [0.4, 0.5) is 5.69 Å². The first kappa shape index (κ1) is 12.4. The topological polar surface area (TPSA) is 63.4 Å². The van der Waals surface area contributed by atoms with E-state index in [1.807, 2.05) is 36.2 Å². The third-order valence-electron chi connectivity index (χ3n) is 3.35. The molecule has 4 nitrogen and oxygen atoms in total. The van der Waals surface area contributed by atoms with Crippen molar-refractivity contribution in [3.05, 3.63) is 29.8 Å². The largest absolute Gasteiger partial charge is 0.370 e. The molecule has 1 aliphatic heterocycles. The maximum absolute atomic E-state index is 11.5. The zero-order chi connectivity index (χ0) is 12.5. The van der Waals surface area contributed by atoms with E-state index in [0.29, 0.717) is 18.7 Å². The van der Waals surface area contributed by atoms with Crippen LogP contribution in [-0.2, 0) is 16.4 Å². The normalized spacial score (nSPS) is 22.6. The van der Waals surface area contributed by atoms with E-state index in [2.05, 4.69) is 0 Å². The fourth-order valence-corrected chi connectivity index (χ4v) is 4.08. The molecule has 0 aromatic heterocycles. The van der Waals surface area contributed by atoms with Crippen molar-refractivity contribution < 1.29 is 8.42 Å². The summed E-state index contributed by atoms with van der Waals surface area (Å²) in [7, 11) is -0.897. The number of nitrogens with two attached hydrogens (primary N) is 1. The Kier molecular flexibility index (Phi) is 3.40. The molecule has 2 rings (SSSR count). The van der Waals surface area contributed by atoms with E-state index in [1.165, 1.54) is 0 Å². The number of sulfone groups is 1. The first-order valence-electron chi connectivity index (χ1n) is 5.75. The van der Waals surface area contributed by atoms with Gasteiger partial charge in [0.15, 0.2) is 9.84 Å². The van der Waals surface area contributed by atoms with Crippen LogP contribution >= 0.6 is 0 Å². The molecule has 1 heterocycles. The van der Waals surface area contributed by atoms with Gasteiger partial charge in [-0.2, -0.15) is 0 Å². The summed E-state index contributed by atoms with van der Waals surface area (Å²) in [6.45, 7) is 0.472. The second kappa shape index (κ2) is 4.66. The van der Waals surface area contributed by atoms with Gasteiger partial charge in [-0.25, -0.2) is 8.42 Å². The summed E-state index contributed by atoms with van der Waals surface area (Å²) in [5.41, 5.74) is 7.79. The summed E-state index contributed by atoms with van der Waals surface area (Å²) >= 11 is 0. The molecule has 2 N–H and O–H groups in total. The molecule has 0 spiro atoms. The van der Waals surface area contributed by atoms with Crippen molar-refractivity contribution in [2.45, 2.75) is 19.0 Å². The van der Waals surface area contributed by atoms with Crippen LogP contribution in [0.25, 0.3) is 0 Å². The van der Waals surface area contributed by atoms with Gasteiger partial charge in [0.05, 0.1) is 11.5 Å². The molecule has 0 saturated carbocycles. The maximum Gasteiger partial charge on any atom is 0.152 e. The summed E-state index contributed by atoms with van der Waals surface area (Å²) in [5, 5.41) is 0. The van der Waals surface area contributed by atoms with Gasteiger partial charge in [-0.1, -0.05) is 18.2 Å². The summed E-state index contributed by atoms with van der Waals surface area (Å²) < 4.78 is 23.0. The molecule has 0 aliphatic carbocycles. The minimum atomic E-state index is -2.84. The average Bonchev–Trinajstić information content (AvgIpc) is 2.68. The molecule has 5 heteroatoms. The van der Waals surface area contributed by atoms with Crippen LogP contribution < -0.4 is 10.6 Å². The molecule has 94 valence electrons. The van der Waals surface area contributed by atoms with Crippen LogP contribution in [0.5, 0.6) is 0 Å². The number of para-hydroxylation sites is 1. The van der Waals surface area contributed by atoms with Gasteiger partial charge in [-0.05, 0) is 18.1 Å². The second-order valence-electron chi connectivity index (χ2n) is 4.50. The van der Waals surface area contributed by atoms with Crippen molar-refractivity contribution in [1.29, 1.82) is 0 Å². The zero-order valence-electron chi connectivity index (χ0n) is 9.96. The van der Waals surface area contributed by atoms with Crippen LogP contribution in [0.15, 0.2) is 24.3 Å². The van der Waals surface area contributed by atoms with Crippen LogP contribution in [0, 0.1) is 0 Å². The number of hydrogen-bond donors (Lipinski definition) is 1. The predicted molar refractivity (Wildman–Crippen MR) is 69.8 cm³/mol. The molecular formula is C12H18N2O2S. The van der Waals surface area contributed by atoms with Crippen LogP contribution in [0.1, 0.15) is 12.0 Å². The van der Waals surface area contributed by atoms with Gasteiger partial charge >= 0.3 is 0 Å². The fraction of sp³-hybridized carbons (Fsp3) is 0.500. The van der Waals surface area contributed by atoms with Crippen LogP contribution in [0.2, 0.25) is 0 Å². The van der Waals surface area contributed by atoms with Crippen molar-refractivity contribution in [1.82, 2.24) is 0 Å². The lowest BCUT2D eigenvalue weighted by Gasteiger charge is -2.27. The number of hydrogen-bond acceptors (Lipinski definition) is 4. The third-order valence-corrected chi connectivity index (χ3v) is 5.10. The van der Waals surface area contributed by atoms with Crippen LogP contribution in [-0.4, -0.2) is 33.0 Å². The highest BCUT2D eigenvalue weighted by Crippen LogP contribution is 2.25. The molecule has 1 atom stereocenters. The molecule has 17 heavy (non-hydrogen) atoms. The number of benzene rings is 1. The van der Waals surface area contributed by atoms with Crippen LogP contribution in [0.3, 0.4) is 0 Å². The number of nitrogens with zero attached hydrogens (tertiary/aromatic N) is 1. The van der Waals surface area contributed by atoms with Gasteiger partial charge < -0.3 is 10.6 Å². The molecule has 1 fully saturated rings. The molecule has 1 unspecified atom stereocenters. The van der Waals surface area contributed by atoms with E-state index >= 15 is 0 Å². The Bertz CT molecular complexity index is 499. The summed E-state index contributed by atoms with van der Waals surface area (Å²) in [6.07, 6.45) is 0.706. The standard InChI is InChI=1S/C12H18N2O2S/c1-14(11-6-7-17(15,16)9-11)12-5-3-2-4-10(12)8-13/h2-5,11H,6-9,13H2,1H3. The molecular weight excluding hydrogens is 236 g/mol. The van der Waals surface area contributed by atoms with Gasteiger partial charge in [-0.3, -0.25) is 0 Å². The Morgan fingerprint density at radius 2 is 2.12 bits per heavy atom. The quantitative estimate of drug-likeness (QED) is 0.865. The Balaban J connectivity index is 2.23. The zero-order valence-corrected chi connectivity index (χ0v) is 10.8. The highest BCUT2D eigenvalue weighted by atomic mass is 32.2. The molecule has 0 radical (unpaired) electrons. The number of anilines is 1. The lowest BCUT2D eigenvalue weighted by molar-refractivity contribution is 0.601. The van der Waals surface area contributed by atoms with Gasteiger partial charge in [-0.15, -0.1) is 0 Å². The maximum atomic E-state index is 11.5. The summed E-state index contributed by atoms with van der Waals surface area (Å²) in [4.78, 5) is 2.05.